The lowest BCUT2D eigenvalue weighted by Gasteiger charge is -2.13. The Morgan fingerprint density at radius 2 is 2.38 bits per heavy atom. The fourth-order valence-electron chi connectivity index (χ4n) is 2.80. The van der Waals surface area contributed by atoms with Crippen LogP contribution in [-0.2, 0) is 12.4 Å². The van der Waals surface area contributed by atoms with Crippen LogP contribution in [-0.4, -0.2) is 27.2 Å². The summed E-state index contributed by atoms with van der Waals surface area (Å²) < 4.78 is 8.11. The lowest BCUT2D eigenvalue weighted by Crippen LogP contribution is -2.12. The Balaban J connectivity index is 1.97. The molecule has 0 aliphatic carbocycles. The quantitative estimate of drug-likeness (QED) is 0.734. The van der Waals surface area contributed by atoms with Gasteiger partial charge in [0.1, 0.15) is 17.1 Å². The van der Waals surface area contributed by atoms with Gasteiger partial charge in [0.05, 0.1) is 18.0 Å². The molecular formula is C16H21ClN2OS. The Morgan fingerprint density at radius 1 is 1.48 bits per heavy atom. The second-order valence-corrected chi connectivity index (χ2v) is 7.06. The minimum Gasteiger partial charge on any atom is -0.491 e. The average molecular weight is 325 g/mol. The Labute approximate surface area is 135 Å². The van der Waals surface area contributed by atoms with Crippen LogP contribution in [0.2, 0.25) is 0 Å². The molecule has 1 unspecified atom stereocenters. The number of imidazole rings is 1. The number of halogens is 1. The summed E-state index contributed by atoms with van der Waals surface area (Å²) in [5.41, 5.74) is 2.09. The monoisotopic (exact) mass is 324 g/mol. The van der Waals surface area contributed by atoms with Crippen LogP contribution < -0.4 is 4.74 Å². The Hall–Kier alpha value is -0.870. The van der Waals surface area contributed by atoms with Crippen LogP contribution in [0, 0.1) is 0 Å². The van der Waals surface area contributed by atoms with Crippen LogP contribution in [0.25, 0.3) is 11.0 Å². The van der Waals surface area contributed by atoms with Gasteiger partial charge in [0.15, 0.2) is 0 Å². The van der Waals surface area contributed by atoms with Crippen molar-refractivity contribution in [2.45, 2.75) is 43.9 Å². The summed E-state index contributed by atoms with van der Waals surface area (Å²) in [5, 5.41) is 0.685. The van der Waals surface area contributed by atoms with Gasteiger partial charge in [0, 0.05) is 11.8 Å². The number of hydrogen-bond acceptors (Lipinski definition) is 3. The standard InChI is InChI=1S/C16H21ClN2OS/c1-2-8-20-14-7-3-6-13-16(14)18-15(10-17)19(13)11-12-5-4-9-21-12/h3,6-7,12H,2,4-5,8-11H2,1H3. The largest absolute Gasteiger partial charge is 0.491 e. The first-order valence-electron chi connectivity index (χ1n) is 7.62. The zero-order chi connectivity index (χ0) is 14.7. The first-order chi connectivity index (χ1) is 10.3. The second kappa shape index (κ2) is 6.93. The fraction of sp³-hybridized carbons (Fsp3) is 0.562. The molecule has 0 N–H and O–H groups in total. The molecular weight excluding hydrogens is 304 g/mol. The highest BCUT2D eigenvalue weighted by atomic mass is 35.5. The minimum atomic E-state index is 0.444. The maximum Gasteiger partial charge on any atom is 0.147 e. The van der Waals surface area contributed by atoms with E-state index in [1.54, 1.807) is 0 Å². The number of thioether (sulfide) groups is 1. The van der Waals surface area contributed by atoms with E-state index in [-0.39, 0.29) is 0 Å². The van der Waals surface area contributed by atoms with E-state index in [9.17, 15) is 0 Å². The molecule has 114 valence electrons. The number of aromatic nitrogens is 2. The van der Waals surface area contributed by atoms with Gasteiger partial charge in [-0.25, -0.2) is 4.98 Å². The SMILES string of the molecule is CCCOc1cccc2c1nc(CCl)n2CC1CCCS1. The fourth-order valence-corrected chi connectivity index (χ4v) is 4.25. The maximum atomic E-state index is 6.11. The zero-order valence-electron chi connectivity index (χ0n) is 12.3. The van der Waals surface area contributed by atoms with Gasteiger partial charge in [-0.05, 0) is 37.1 Å². The third kappa shape index (κ3) is 3.16. The highest BCUT2D eigenvalue weighted by molar-refractivity contribution is 8.00. The number of para-hydroxylation sites is 1. The topological polar surface area (TPSA) is 27.1 Å². The number of fused-ring (bicyclic) bond motifs is 1. The van der Waals surface area contributed by atoms with Gasteiger partial charge < -0.3 is 9.30 Å². The Kier molecular flexibility index (Phi) is 4.96. The molecule has 2 aromatic rings. The first-order valence-corrected chi connectivity index (χ1v) is 9.20. The van der Waals surface area contributed by atoms with Crippen LogP contribution in [0.15, 0.2) is 18.2 Å². The van der Waals surface area contributed by atoms with Crippen molar-refractivity contribution in [1.29, 1.82) is 0 Å². The van der Waals surface area contributed by atoms with Crippen molar-refractivity contribution in [3.8, 4) is 5.75 Å². The Bertz CT molecular complexity index is 608. The molecule has 21 heavy (non-hydrogen) atoms. The van der Waals surface area contributed by atoms with Gasteiger partial charge in [-0.1, -0.05) is 13.0 Å². The molecule has 1 fully saturated rings. The van der Waals surface area contributed by atoms with E-state index >= 15 is 0 Å². The van der Waals surface area contributed by atoms with Crippen molar-refractivity contribution in [1.82, 2.24) is 9.55 Å². The van der Waals surface area contributed by atoms with Gasteiger partial charge >= 0.3 is 0 Å². The van der Waals surface area contributed by atoms with Gasteiger partial charge in [-0.3, -0.25) is 0 Å². The number of ether oxygens (including phenoxy) is 1. The van der Waals surface area contributed by atoms with Gasteiger partial charge in [0.2, 0.25) is 0 Å². The van der Waals surface area contributed by atoms with Crippen molar-refractivity contribution in [3.05, 3.63) is 24.0 Å². The van der Waals surface area contributed by atoms with Crippen LogP contribution in [0.5, 0.6) is 5.75 Å². The van der Waals surface area contributed by atoms with E-state index in [0.29, 0.717) is 11.1 Å². The normalized spacial score (nSPS) is 18.5. The molecule has 5 heteroatoms. The highest BCUT2D eigenvalue weighted by Gasteiger charge is 2.20. The van der Waals surface area contributed by atoms with Crippen molar-refractivity contribution in [2.24, 2.45) is 0 Å². The van der Waals surface area contributed by atoms with Crippen molar-refractivity contribution >= 4 is 34.4 Å². The predicted molar refractivity (Wildman–Crippen MR) is 90.6 cm³/mol. The lowest BCUT2D eigenvalue weighted by atomic mass is 10.2. The van der Waals surface area contributed by atoms with Crippen LogP contribution >= 0.6 is 23.4 Å². The van der Waals surface area contributed by atoms with E-state index < -0.39 is 0 Å². The van der Waals surface area contributed by atoms with Gasteiger partial charge in [-0.15, -0.1) is 11.6 Å². The predicted octanol–water partition coefficient (Wildman–Crippen LogP) is 4.46. The molecule has 3 rings (SSSR count). The number of alkyl halides is 1. The van der Waals surface area contributed by atoms with E-state index in [1.165, 1.54) is 18.6 Å². The summed E-state index contributed by atoms with van der Waals surface area (Å²) in [5.74, 6) is 3.54. The molecule has 0 radical (unpaired) electrons. The lowest BCUT2D eigenvalue weighted by molar-refractivity contribution is 0.320. The molecule has 0 bridgehead atoms. The first kappa shape index (κ1) is 15.0. The summed E-state index contributed by atoms with van der Waals surface area (Å²) in [7, 11) is 0. The van der Waals surface area contributed by atoms with Crippen LogP contribution in [0.3, 0.4) is 0 Å². The molecule has 1 aliphatic rings. The average Bonchev–Trinajstić information content (AvgIpc) is 3.14. The second-order valence-electron chi connectivity index (χ2n) is 5.38. The van der Waals surface area contributed by atoms with Gasteiger partial charge in [0.25, 0.3) is 0 Å². The number of rotatable bonds is 6. The third-order valence-corrected chi connectivity index (χ3v) is 5.43. The van der Waals surface area contributed by atoms with E-state index in [4.69, 9.17) is 21.3 Å². The number of benzene rings is 1. The Morgan fingerprint density at radius 3 is 3.10 bits per heavy atom. The molecule has 1 aromatic heterocycles. The molecule has 3 nitrogen and oxygen atoms in total. The van der Waals surface area contributed by atoms with Crippen molar-refractivity contribution in [2.75, 3.05) is 12.4 Å². The van der Waals surface area contributed by atoms with E-state index in [0.717, 1.165) is 42.2 Å². The number of hydrogen-bond donors (Lipinski definition) is 0. The molecule has 2 heterocycles. The molecule has 1 saturated heterocycles. The minimum absolute atomic E-state index is 0.444. The third-order valence-electron chi connectivity index (χ3n) is 3.81. The van der Waals surface area contributed by atoms with Crippen LogP contribution in [0.4, 0.5) is 0 Å². The summed E-state index contributed by atoms with van der Waals surface area (Å²) >= 11 is 8.18. The van der Waals surface area contributed by atoms with Gasteiger partial charge in [-0.2, -0.15) is 11.8 Å². The molecule has 0 saturated carbocycles. The summed E-state index contributed by atoms with van der Waals surface area (Å²) in [6.45, 7) is 3.83. The summed E-state index contributed by atoms with van der Waals surface area (Å²) in [6.07, 6.45) is 3.61. The highest BCUT2D eigenvalue weighted by Crippen LogP contribution is 2.31. The van der Waals surface area contributed by atoms with E-state index in [2.05, 4.69) is 29.3 Å². The summed E-state index contributed by atoms with van der Waals surface area (Å²) in [4.78, 5) is 4.72. The zero-order valence-corrected chi connectivity index (χ0v) is 13.9. The molecule has 1 aromatic carbocycles. The summed E-state index contributed by atoms with van der Waals surface area (Å²) in [6, 6.07) is 6.17. The molecule has 1 atom stereocenters. The molecule has 0 spiro atoms. The van der Waals surface area contributed by atoms with E-state index in [1.807, 2.05) is 12.1 Å². The van der Waals surface area contributed by atoms with Crippen LogP contribution in [0.1, 0.15) is 32.0 Å². The van der Waals surface area contributed by atoms with Crippen molar-refractivity contribution < 1.29 is 4.74 Å². The van der Waals surface area contributed by atoms with Crippen molar-refractivity contribution in [3.63, 3.8) is 0 Å². The molecule has 1 aliphatic heterocycles. The molecule has 0 amide bonds. The maximum absolute atomic E-state index is 6.11. The smallest absolute Gasteiger partial charge is 0.147 e. The number of nitrogens with zero attached hydrogens (tertiary/aromatic N) is 2.